The van der Waals surface area contributed by atoms with Crippen molar-refractivity contribution in [3.8, 4) is 5.75 Å². The van der Waals surface area contributed by atoms with Gasteiger partial charge >= 0.3 is 0 Å². The van der Waals surface area contributed by atoms with Crippen molar-refractivity contribution in [2.45, 2.75) is 51.0 Å². The van der Waals surface area contributed by atoms with Gasteiger partial charge in [-0.05, 0) is 81.8 Å². The van der Waals surface area contributed by atoms with Crippen molar-refractivity contribution >= 4 is 16.6 Å². The van der Waals surface area contributed by atoms with Gasteiger partial charge in [0.25, 0.3) is 0 Å². The zero-order valence-corrected chi connectivity index (χ0v) is 20.5. The first-order valence-electron chi connectivity index (χ1n) is 12.8. The van der Waals surface area contributed by atoms with Crippen molar-refractivity contribution < 1.29 is 9.84 Å². The standard InChI is InChI=1S/C29H37N3O2/c1-3-34-26-12-7-11-25-28(26)31-27(30-25)13-8-17-32(2)18-16-29(33)20-22-14-15-23(29)19-24(22)21-9-5-4-6-10-21/h4-7,9-12,19,22-23,33H,3,8,13-18,20H2,1-2H3,(H,30,31)/t22-,23-,29+/m0/s1. The summed E-state index contributed by atoms with van der Waals surface area (Å²) < 4.78 is 5.71. The minimum atomic E-state index is -0.566. The summed E-state index contributed by atoms with van der Waals surface area (Å²) in [5, 5.41) is 11.5. The number of hydrogen-bond donors (Lipinski definition) is 2. The molecule has 3 aliphatic rings. The number of ether oxygens (including phenoxy) is 1. The summed E-state index contributed by atoms with van der Waals surface area (Å²) in [6, 6.07) is 16.7. The third-order valence-electron chi connectivity index (χ3n) is 7.75. The molecule has 0 saturated heterocycles. The number of aromatic amines is 1. The Bertz CT molecular complexity index is 1140. The Morgan fingerprint density at radius 2 is 1.97 bits per heavy atom. The van der Waals surface area contributed by atoms with Crippen molar-refractivity contribution in [2.75, 3.05) is 26.7 Å². The van der Waals surface area contributed by atoms with E-state index < -0.39 is 5.60 Å². The highest BCUT2D eigenvalue weighted by atomic mass is 16.5. The minimum absolute atomic E-state index is 0.274. The van der Waals surface area contributed by atoms with Crippen LogP contribution in [0.5, 0.6) is 5.75 Å². The number of nitrogens with one attached hydrogen (secondary N) is 1. The third kappa shape index (κ3) is 4.77. The van der Waals surface area contributed by atoms with E-state index in [1.807, 2.05) is 19.1 Å². The van der Waals surface area contributed by atoms with Gasteiger partial charge in [0.05, 0.1) is 17.7 Å². The predicted molar refractivity (Wildman–Crippen MR) is 138 cm³/mol. The number of rotatable bonds is 10. The molecule has 34 heavy (non-hydrogen) atoms. The van der Waals surface area contributed by atoms with E-state index in [1.54, 1.807) is 0 Å². The van der Waals surface area contributed by atoms with E-state index in [2.05, 4.69) is 59.4 Å². The monoisotopic (exact) mass is 459 g/mol. The number of H-pyrrole nitrogens is 1. The largest absolute Gasteiger partial charge is 0.492 e. The van der Waals surface area contributed by atoms with Gasteiger partial charge < -0.3 is 19.7 Å². The first kappa shape index (κ1) is 23.1. The molecule has 0 aliphatic heterocycles. The number of fused-ring (bicyclic) bond motifs is 3. The average Bonchev–Trinajstić information content (AvgIpc) is 3.28. The van der Waals surface area contributed by atoms with E-state index in [-0.39, 0.29) is 5.92 Å². The van der Waals surface area contributed by atoms with E-state index >= 15 is 0 Å². The number of imidazole rings is 1. The molecule has 0 radical (unpaired) electrons. The smallest absolute Gasteiger partial charge is 0.147 e. The number of aryl methyl sites for hydroxylation is 1. The molecule has 1 saturated carbocycles. The fourth-order valence-corrected chi connectivity index (χ4v) is 5.90. The van der Waals surface area contributed by atoms with Crippen LogP contribution in [0, 0.1) is 11.8 Å². The lowest BCUT2D eigenvalue weighted by atomic mass is 9.61. The normalized spacial score (nSPS) is 24.1. The summed E-state index contributed by atoms with van der Waals surface area (Å²) in [6.07, 6.45) is 8.36. The molecule has 1 heterocycles. The Kier molecular flexibility index (Phi) is 6.75. The Morgan fingerprint density at radius 3 is 2.74 bits per heavy atom. The summed E-state index contributed by atoms with van der Waals surface area (Å²) in [6.45, 7) is 4.55. The van der Waals surface area contributed by atoms with E-state index in [0.717, 1.165) is 67.8 Å². The first-order valence-corrected chi connectivity index (χ1v) is 12.8. The molecule has 5 nitrogen and oxygen atoms in total. The van der Waals surface area contributed by atoms with Crippen LogP contribution in [0.4, 0.5) is 0 Å². The van der Waals surface area contributed by atoms with Crippen LogP contribution in [-0.2, 0) is 6.42 Å². The Morgan fingerprint density at radius 1 is 1.12 bits per heavy atom. The molecule has 180 valence electrons. The SMILES string of the molecule is CCOc1cccc2[nH]c(CCCN(C)CC[C@@]3(O)C[C@@H]4CC[C@H]3C=C4c3ccccc3)nc12. The number of hydrogen-bond acceptors (Lipinski definition) is 4. The quantitative estimate of drug-likeness (QED) is 0.423. The zero-order chi connectivity index (χ0) is 23.5. The third-order valence-corrected chi connectivity index (χ3v) is 7.75. The topological polar surface area (TPSA) is 61.4 Å². The molecule has 2 aromatic carbocycles. The summed E-state index contributed by atoms with van der Waals surface area (Å²) >= 11 is 0. The molecule has 5 heteroatoms. The van der Waals surface area contributed by atoms with Crippen molar-refractivity contribution in [1.29, 1.82) is 0 Å². The molecule has 6 rings (SSSR count). The highest BCUT2D eigenvalue weighted by Crippen LogP contribution is 2.51. The van der Waals surface area contributed by atoms with Gasteiger partial charge in [-0.25, -0.2) is 4.98 Å². The predicted octanol–water partition coefficient (Wildman–Crippen LogP) is 5.46. The van der Waals surface area contributed by atoms with Crippen molar-refractivity contribution in [2.24, 2.45) is 11.8 Å². The molecular weight excluding hydrogens is 422 g/mol. The molecule has 3 aromatic rings. The van der Waals surface area contributed by atoms with Crippen LogP contribution in [-0.4, -0.2) is 52.3 Å². The van der Waals surface area contributed by atoms with E-state index in [4.69, 9.17) is 9.72 Å². The summed E-state index contributed by atoms with van der Waals surface area (Å²) in [7, 11) is 2.17. The van der Waals surface area contributed by atoms with Crippen molar-refractivity contribution in [1.82, 2.24) is 14.9 Å². The van der Waals surface area contributed by atoms with Crippen LogP contribution in [0.1, 0.15) is 50.4 Å². The number of aliphatic hydroxyl groups is 1. The van der Waals surface area contributed by atoms with Crippen LogP contribution in [0.15, 0.2) is 54.6 Å². The molecule has 2 N–H and O–H groups in total. The lowest BCUT2D eigenvalue weighted by molar-refractivity contribution is -0.0574. The van der Waals surface area contributed by atoms with Gasteiger partial charge in [-0.1, -0.05) is 42.5 Å². The maximum Gasteiger partial charge on any atom is 0.147 e. The fourth-order valence-electron chi connectivity index (χ4n) is 5.90. The van der Waals surface area contributed by atoms with Gasteiger partial charge in [-0.3, -0.25) is 0 Å². The molecule has 0 amide bonds. The second-order valence-corrected chi connectivity index (χ2v) is 10.1. The van der Waals surface area contributed by atoms with Gasteiger partial charge in [0.2, 0.25) is 0 Å². The molecular formula is C29H37N3O2. The fraction of sp³-hybridized carbons (Fsp3) is 0.483. The summed E-state index contributed by atoms with van der Waals surface area (Å²) in [5.74, 6) is 2.62. The number of benzene rings is 2. The highest BCUT2D eigenvalue weighted by Gasteiger charge is 2.46. The van der Waals surface area contributed by atoms with Crippen molar-refractivity contribution in [3.63, 3.8) is 0 Å². The molecule has 1 aromatic heterocycles. The summed E-state index contributed by atoms with van der Waals surface area (Å²) in [4.78, 5) is 10.6. The second kappa shape index (κ2) is 9.93. The van der Waals surface area contributed by atoms with Gasteiger partial charge in [-0.15, -0.1) is 0 Å². The van der Waals surface area contributed by atoms with Gasteiger partial charge in [0.1, 0.15) is 17.1 Å². The summed E-state index contributed by atoms with van der Waals surface area (Å²) in [5.41, 5.74) is 4.17. The highest BCUT2D eigenvalue weighted by molar-refractivity contribution is 5.81. The Balaban J connectivity index is 1.13. The van der Waals surface area contributed by atoms with Crippen LogP contribution in [0.2, 0.25) is 0 Å². The molecule has 3 aliphatic carbocycles. The minimum Gasteiger partial charge on any atom is -0.492 e. The van der Waals surface area contributed by atoms with Crippen LogP contribution in [0.3, 0.4) is 0 Å². The number of nitrogens with zero attached hydrogens (tertiary/aromatic N) is 2. The lowest BCUT2D eigenvalue weighted by Crippen LogP contribution is -2.48. The molecule has 0 spiro atoms. The number of para-hydroxylation sites is 1. The van der Waals surface area contributed by atoms with Crippen LogP contribution >= 0.6 is 0 Å². The Labute approximate surface area is 202 Å². The number of aromatic nitrogens is 2. The number of allylic oxidation sites excluding steroid dienone is 1. The van der Waals surface area contributed by atoms with E-state index in [9.17, 15) is 5.11 Å². The molecule has 3 atom stereocenters. The average molecular weight is 460 g/mol. The van der Waals surface area contributed by atoms with Gasteiger partial charge in [0.15, 0.2) is 0 Å². The molecule has 1 fully saturated rings. The maximum atomic E-state index is 11.5. The van der Waals surface area contributed by atoms with Crippen LogP contribution in [0.25, 0.3) is 16.6 Å². The van der Waals surface area contributed by atoms with E-state index in [1.165, 1.54) is 17.6 Å². The van der Waals surface area contributed by atoms with Crippen LogP contribution < -0.4 is 4.74 Å². The van der Waals surface area contributed by atoms with E-state index in [0.29, 0.717) is 12.5 Å². The van der Waals surface area contributed by atoms with Gasteiger partial charge in [0, 0.05) is 18.9 Å². The molecule has 2 bridgehead atoms. The second-order valence-electron chi connectivity index (χ2n) is 10.1. The first-order chi connectivity index (χ1) is 16.6. The molecule has 0 unspecified atom stereocenters. The lowest BCUT2D eigenvalue weighted by Gasteiger charge is -2.48. The van der Waals surface area contributed by atoms with Gasteiger partial charge in [-0.2, -0.15) is 0 Å². The zero-order valence-electron chi connectivity index (χ0n) is 20.5. The van der Waals surface area contributed by atoms with Crippen molar-refractivity contribution in [3.05, 3.63) is 66.0 Å². The maximum absolute atomic E-state index is 11.5. The Hall–Kier alpha value is -2.63.